The molecule has 0 bridgehead atoms. The van der Waals surface area contributed by atoms with E-state index < -0.39 is 10.0 Å². The lowest BCUT2D eigenvalue weighted by Gasteiger charge is -2.12. The number of nitrogens with one attached hydrogen (secondary N) is 1. The summed E-state index contributed by atoms with van der Waals surface area (Å²) in [7, 11) is -3.35. The molecule has 0 radical (unpaired) electrons. The number of rotatable bonds is 5. The van der Waals surface area contributed by atoms with Gasteiger partial charge in [0, 0.05) is 30.3 Å². The molecule has 1 atom stereocenters. The van der Waals surface area contributed by atoms with E-state index in [4.69, 9.17) is 10.00 Å². The van der Waals surface area contributed by atoms with Crippen LogP contribution in [0.25, 0.3) is 22.0 Å². The first-order chi connectivity index (χ1) is 13.4. The zero-order valence-corrected chi connectivity index (χ0v) is 16.4. The maximum atomic E-state index is 11.6. The molecule has 0 amide bonds. The number of hydrogen-bond donors (Lipinski definition) is 1. The van der Waals surface area contributed by atoms with Gasteiger partial charge in [0.25, 0.3) is 0 Å². The van der Waals surface area contributed by atoms with Crippen molar-refractivity contribution in [2.45, 2.75) is 25.5 Å². The van der Waals surface area contributed by atoms with E-state index in [1.165, 1.54) is 0 Å². The molecule has 6 nitrogen and oxygen atoms in total. The number of nitrogens with zero attached hydrogens (tertiary/aromatic N) is 2. The molecule has 0 aliphatic carbocycles. The molecule has 1 saturated heterocycles. The second-order valence-electron chi connectivity index (χ2n) is 7.13. The van der Waals surface area contributed by atoms with Crippen LogP contribution in [0.4, 0.5) is 5.69 Å². The van der Waals surface area contributed by atoms with Crippen LogP contribution in [0.15, 0.2) is 48.7 Å². The van der Waals surface area contributed by atoms with Crippen molar-refractivity contribution >= 4 is 26.6 Å². The molecular weight excluding hydrogens is 374 g/mol. The monoisotopic (exact) mass is 395 g/mol. The van der Waals surface area contributed by atoms with Crippen LogP contribution in [-0.2, 0) is 21.3 Å². The van der Waals surface area contributed by atoms with Crippen LogP contribution in [0.3, 0.4) is 0 Å². The van der Waals surface area contributed by atoms with E-state index in [-0.39, 0.29) is 6.10 Å². The number of nitriles is 1. The second kappa shape index (κ2) is 7.30. The number of sulfonamides is 1. The first-order valence-corrected chi connectivity index (χ1v) is 11.0. The lowest BCUT2D eigenvalue weighted by Crippen LogP contribution is -2.14. The van der Waals surface area contributed by atoms with Gasteiger partial charge < -0.3 is 9.30 Å². The standard InChI is InChI=1S/C21H21N3O3S/c1-28(25,26)23-17-8-9-19-20(16-6-4-15(12-22)5-7-16)14-24(21(19)11-17)13-18-3-2-10-27-18/h4-9,11,14,18,23H,2-3,10,13H2,1H3. The number of anilines is 1. The molecule has 3 aromatic rings. The summed E-state index contributed by atoms with van der Waals surface area (Å²) in [6.45, 7) is 1.50. The molecule has 1 N–H and O–H groups in total. The highest BCUT2D eigenvalue weighted by molar-refractivity contribution is 7.92. The van der Waals surface area contributed by atoms with Gasteiger partial charge in [0.15, 0.2) is 0 Å². The minimum Gasteiger partial charge on any atom is -0.376 e. The Bertz CT molecular complexity index is 1150. The normalized spacial score (nSPS) is 16.9. The third-order valence-electron chi connectivity index (χ3n) is 4.93. The molecule has 0 spiro atoms. The Balaban J connectivity index is 1.81. The molecule has 7 heteroatoms. The fourth-order valence-corrected chi connectivity index (χ4v) is 4.24. The zero-order chi connectivity index (χ0) is 19.7. The van der Waals surface area contributed by atoms with Crippen molar-refractivity contribution in [1.29, 1.82) is 5.26 Å². The predicted molar refractivity (Wildman–Crippen MR) is 110 cm³/mol. The van der Waals surface area contributed by atoms with Gasteiger partial charge in [-0.1, -0.05) is 18.2 Å². The number of ether oxygens (including phenoxy) is 1. The van der Waals surface area contributed by atoms with Crippen LogP contribution in [0.5, 0.6) is 0 Å². The zero-order valence-electron chi connectivity index (χ0n) is 15.6. The highest BCUT2D eigenvalue weighted by Crippen LogP contribution is 2.33. The number of fused-ring (bicyclic) bond motifs is 1. The van der Waals surface area contributed by atoms with Gasteiger partial charge in [-0.05, 0) is 42.7 Å². The van der Waals surface area contributed by atoms with Crippen LogP contribution < -0.4 is 4.72 Å². The SMILES string of the molecule is CS(=O)(=O)Nc1ccc2c(-c3ccc(C#N)cc3)cn(CC3CCCO3)c2c1. The van der Waals surface area contributed by atoms with Crippen molar-refractivity contribution in [2.24, 2.45) is 0 Å². The Kier molecular flexibility index (Phi) is 4.84. The Morgan fingerprint density at radius 3 is 2.68 bits per heavy atom. The van der Waals surface area contributed by atoms with E-state index in [0.717, 1.165) is 54.3 Å². The van der Waals surface area contributed by atoms with E-state index in [1.807, 2.05) is 24.3 Å². The summed E-state index contributed by atoms with van der Waals surface area (Å²) in [4.78, 5) is 0. The highest BCUT2D eigenvalue weighted by atomic mass is 32.2. The van der Waals surface area contributed by atoms with Crippen molar-refractivity contribution in [3.8, 4) is 17.2 Å². The quantitative estimate of drug-likeness (QED) is 0.713. The number of hydrogen-bond acceptors (Lipinski definition) is 4. The smallest absolute Gasteiger partial charge is 0.229 e. The van der Waals surface area contributed by atoms with Gasteiger partial charge in [0.05, 0.1) is 35.2 Å². The van der Waals surface area contributed by atoms with Crippen molar-refractivity contribution in [3.05, 3.63) is 54.2 Å². The van der Waals surface area contributed by atoms with Gasteiger partial charge in [-0.25, -0.2) is 8.42 Å². The van der Waals surface area contributed by atoms with Gasteiger partial charge in [0.1, 0.15) is 0 Å². The van der Waals surface area contributed by atoms with Crippen LogP contribution in [0.2, 0.25) is 0 Å². The van der Waals surface area contributed by atoms with Crippen molar-refractivity contribution in [2.75, 3.05) is 17.6 Å². The Hall–Kier alpha value is -2.82. The second-order valence-corrected chi connectivity index (χ2v) is 8.87. The molecule has 4 rings (SSSR count). The fraction of sp³-hybridized carbons (Fsp3) is 0.286. The van der Waals surface area contributed by atoms with Gasteiger partial charge in [-0.3, -0.25) is 4.72 Å². The van der Waals surface area contributed by atoms with E-state index in [2.05, 4.69) is 21.6 Å². The van der Waals surface area contributed by atoms with Crippen LogP contribution in [0.1, 0.15) is 18.4 Å². The van der Waals surface area contributed by atoms with Crippen LogP contribution in [0, 0.1) is 11.3 Å². The summed E-state index contributed by atoms with van der Waals surface area (Å²) < 4.78 is 33.7. The summed E-state index contributed by atoms with van der Waals surface area (Å²) in [5, 5.41) is 10.1. The summed E-state index contributed by atoms with van der Waals surface area (Å²) in [6.07, 6.45) is 5.47. The van der Waals surface area contributed by atoms with Crippen molar-refractivity contribution < 1.29 is 13.2 Å². The van der Waals surface area contributed by atoms with Gasteiger partial charge >= 0.3 is 0 Å². The van der Waals surface area contributed by atoms with E-state index >= 15 is 0 Å². The molecule has 1 aromatic heterocycles. The first kappa shape index (κ1) is 18.5. The fourth-order valence-electron chi connectivity index (χ4n) is 3.68. The average molecular weight is 395 g/mol. The summed E-state index contributed by atoms with van der Waals surface area (Å²) in [6, 6.07) is 15.2. The van der Waals surface area contributed by atoms with Gasteiger partial charge in [0.2, 0.25) is 10.0 Å². The van der Waals surface area contributed by atoms with Crippen molar-refractivity contribution in [3.63, 3.8) is 0 Å². The molecule has 144 valence electrons. The molecule has 1 unspecified atom stereocenters. The Morgan fingerprint density at radius 1 is 1.25 bits per heavy atom. The predicted octanol–water partition coefficient (Wildman–Crippen LogP) is 3.73. The molecule has 2 heterocycles. The van der Waals surface area contributed by atoms with Gasteiger partial charge in [-0.2, -0.15) is 5.26 Å². The summed E-state index contributed by atoms with van der Waals surface area (Å²) in [5.41, 5.74) is 4.16. The largest absolute Gasteiger partial charge is 0.376 e. The maximum Gasteiger partial charge on any atom is 0.229 e. The van der Waals surface area contributed by atoms with Gasteiger partial charge in [-0.15, -0.1) is 0 Å². The van der Waals surface area contributed by atoms with Crippen LogP contribution >= 0.6 is 0 Å². The summed E-state index contributed by atoms with van der Waals surface area (Å²) in [5.74, 6) is 0. The minimum atomic E-state index is -3.35. The number of aromatic nitrogens is 1. The topological polar surface area (TPSA) is 84.1 Å². The Morgan fingerprint density at radius 2 is 2.04 bits per heavy atom. The minimum absolute atomic E-state index is 0.163. The highest BCUT2D eigenvalue weighted by Gasteiger charge is 2.19. The molecule has 1 aliphatic heterocycles. The molecule has 1 aliphatic rings. The van der Waals surface area contributed by atoms with E-state index in [0.29, 0.717) is 11.3 Å². The van der Waals surface area contributed by atoms with Crippen LogP contribution in [-0.4, -0.2) is 32.0 Å². The molecular formula is C21H21N3O3S. The molecule has 1 fully saturated rings. The van der Waals surface area contributed by atoms with E-state index in [9.17, 15) is 8.42 Å². The van der Waals surface area contributed by atoms with E-state index in [1.54, 1.807) is 18.2 Å². The lowest BCUT2D eigenvalue weighted by molar-refractivity contribution is 0.0980. The maximum absolute atomic E-state index is 11.6. The first-order valence-electron chi connectivity index (χ1n) is 9.16. The average Bonchev–Trinajstić information content (AvgIpc) is 3.29. The van der Waals surface area contributed by atoms with Crippen molar-refractivity contribution in [1.82, 2.24) is 4.57 Å². The third-order valence-corrected chi connectivity index (χ3v) is 5.54. The molecule has 28 heavy (non-hydrogen) atoms. The lowest BCUT2D eigenvalue weighted by atomic mass is 10.0. The Labute approximate surface area is 164 Å². The summed E-state index contributed by atoms with van der Waals surface area (Å²) >= 11 is 0. The molecule has 2 aromatic carbocycles. The molecule has 0 saturated carbocycles. The third kappa shape index (κ3) is 3.88. The number of benzene rings is 2.